The highest BCUT2D eigenvalue weighted by molar-refractivity contribution is 7.89. The summed E-state index contributed by atoms with van der Waals surface area (Å²) in [5, 5.41) is 10.6. The molecule has 0 amide bonds. The molecule has 0 aliphatic carbocycles. The van der Waals surface area contributed by atoms with Gasteiger partial charge in [0, 0.05) is 30.9 Å². The Bertz CT molecular complexity index is 1120. The van der Waals surface area contributed by atoms with Gasteiger partial charge in [0.25, 0.3) is 5.69 Å². The second-order valence-electron chi connectivity index (χ2n) is 7.54. The first-order valence-corrected chi connectivity index (χ1v) is 14.1. The molecular weight excluding hydrogens is 480 g/mol. The third kappa shape index (κ3) is 10.6. The van der Waals surface area contributed by atoms with Crippen LogP contribution in [0.25, 0.3) is 0 Å². The molecule has 0 unspecified atom stereocenters. The van der Waals surface area contributed by atoms with Gasteiger partial charge in [0.15, 0.2) is 0 Å². The van der Waals surface area contributed by atoms with Crippen LogP contribution in [0.3, 0.4) is 0 Å². The smallest absolute Gasteiger partial charge is 0.270 e. The fraction of sp³-hybridized carbons (Fsp3) is 0.455. The van der Waals surface area contributed by atoms with E-state index in [1.165, 1.54) is 24.3 Å². The summed E-state index contributed by atoms with van der Waals surface area (Å²) in [6.07, 6.45) is 5.65. The van der Waals surface area contributed by atoms with Gasteiger partial charge in [-0.1, -0.05) is 51.7 Å². The number of non-ortho nitro benzene ring substituents is 1. The fourth-order valence-electron chi connectivity index (χ4n) is 2.78. The first kappa shape index (κ1) is 29.5. The highest BCUT2D eigenvalue weighted by atomic mass is 32.2. The van der Waals surface area contributed by atoms with Gasteiger partial charge in [0.1, 0.15) is 0 Å². The molecule has 0 saturated carbocycles. The molecule has 0 spiro atoms. The van der Waals surface area contributed by atoms with Crippen molar-refractivity contribution in [1.82, 2.24) is 9.44 Å². The minimum atomic E-state index is -3.65. The van der Waals surface area contributed by atoms with Crippen LogP contribution < -0.4 is 15.2 Å². The number of hydrogen-bond acceptors (Lipinski definition) is 7. The molecule has 0 heterocycles. The minimum Gasteiger partial charge on any atom is -0.399 e. The Morgan fingerprint density at radius 3 is 1.71 bits per heavy atom. The zero-order chi connectivity index (χ0) is 25.6. The monoisotopic (exact) mass is 514 g/mol. The van der Waals surface area contributed by atoms with Gasteiger partial charge < -0.3 is 5.73 Å². The maximum absolute atomic E-state index is 11.8. The molecule has 2 aromatic carbocycles. The zero-order valence-corrected chi connectivity index (χ0v) is 21.2. The summed E-state index contributed by atoms with van der Waals surface area (Å²) in [6, 6.07) is 11.3. The number of nitro groups is 1. The lowest BCUT2D eigenvalue weighted by Gasteiger charge is -2.06. The van der Waals surface area contributed by atoms with E-state index in [4.69, 9.17) is 5.73 Å². The van der Waals surface area contributed by atoms with E-state index in [1.807, 2.05) is 6.92 Å². The summed E-state index contributed by atoms with van der Waals surface area (Å²) in [5.41, 5.74) is 5.76. The molecule has 4 N–H and O–H groups in total. The SMILES string of the molecule is CCCCCNS(=O)(=O)c1cccc(N)c1.CCCCCNS(=O)(=O)c1cccc([N+](=O)[O-])c1. The Labute approximate surface area is 202 Å². The number of hydrogen-bond donors (Lipinski definition) is 3. The molecule has 34 heavy (non-hydrogen) atoms. The Balaban J connectivity index is 0.000000342. The first-order chi connectivity index (χ1) is 16.0. The van der Waals surface area contributed by atoms with Crippen molar-refractivity contribution >= 4 is 31.4 Å². The van der Waals surface area contributed by atoms with E-state index in [1.54, 1.807) is 18.2 Å². The molecule has 190 valence electrons. The van der Waals surface area contributed by atoms with E-state index in [0.717, 1.165) is 44.6 Å². The summed E-state index contributed by atoms with van der Waals surface area (Å²) in [4.78, 5) is 10.1. The summed E-state index contributed by atoms with van der Waals surface area (Å²) in [5.74, 6) is 0. The summed E-state index contributed by atoms with van der Waals surface area (Å²) >= 11 is 0. The first-order valence-electron chi connectivity index (χ1n) is 11.1. The molecule has 0 radical (unpaired) electrons. The topological polar surface area (TPSA) is 162 Å². The number of nitrogens with one attached hydrogen (secondary N) is 2. The van der Waals surface area contributed by atoms with Crippen LogP contribution in [0.15, 0.2) is 58.3 Å². The summed E-state index contributed by atoms with van der Waals surface area (Å²) in [6.45, 7) is 4.92. The predicted molar refractivity (Wildman–Crippen MR) is 133 cm³/mol. The van der Waals surface area contributed by atoms with E-state index in [2.05, 4.69) is 16.4 Å². The number of rotatable bonds is 13. The number of nitrogens with two attached hydrogens (primary N) is 1. The van der Waals surface area contributed by atoms with Crippen LogP contribution in [0, 0.1) is 10.1 Å². The van der Waals surface area contributed by atoms with Crippen LogP contribution in [0.1, 0.15) is 52.4 Å². The number of anilines is 1. The van der Waals surface area contributed by atoms with Gasteiger partial charge in [-0.25, -0.2) is 26.3 Å². The van der Waals surface area contributed by atoms with Crippen molar-refractivity contribution < 1.29 is 21.8 Å². The van der Waals surface area contributed by atoms with Crippen LogP contribution in [0.4, 0.5) is 11.4 Å². The average Bonchev–Trinajstić information content (AvgIpc) is 2.80. The van der Waals surface area contributed by atoms with Gasteiger partial charge in [0.2, 0.25) is 20.0 Å². The van der Waals surface area contributed by atoms with Crippen molar-refractivity contribution in [3.63, 3.8) is 0 Å². The second-order valence-corrected chi connectivity index (χ2v) is 11.1. The van der Waals surface area contributed by atoms with Crippen LogP contribution in [0.5, 0.6) is 0 Å². The van der Waals surface area contributed by atoms with Crippen molar-refractivity contribution in [3.8, 4) is 0 Å². The maximum atomic E-state index is 11.8. The second kappa shape index (κ2) is 14.7. The van der Waals surface area contributed by atoms with Crippen LogP contribution >= 0.6 is 0 Å². The number of nitro benzene ring substituents is 1. The Morgan fingerprint density at radius 1 is 0.794 bits per heavy atom. The molecule has 0 fully saturated rings. The van der Waals surface area contributed by atoms with Gasteiger partial charge in [-0.2, -0.15) is 0 Å². The highest BCUT2D eigenvalue weighted by Crippen LogP contribution is 2.17. The molecule has 0 bridgehead atoms. The molecule has 0 atom stereocenters. The Morgan fingerprint density at radius 2 is 1.26 bits per heavy atom. The van der Waals surface area contributed by atoms with Gasteiger partial charge in [-0.05, 0) is 37.1 Å². The van der Waals surface area contributed by atoms with E-state index < -0.39 is 25.0 Å². The number of benzene rings is 2. The molecule has 0 saturated heterocycles. The summed E-state index contributed by atoms with van der Waals surface area (Å²) in [7, 11) is -7.04. The molecule has 2 rings (SSSR count). The lowest BCUT2D eigenvalue weighted by atomic mass is 10.3. The van der Waals surface area contributed by atoms with E-state index in [9.17, 15) is 26.9 Å². The molecule has 12 heteroatoms. The Kier molecular flexibility index (Phi) is 12.7. The number of nitrogen functional groups attached to an aromatic ring is 1. The lowest BCUT2D eigenvalue weighted by molar-refractivity contribution is -0.385. The van der Waals surface area contributed by atoms with Gasteiger partial charge in [-0.3, -0.25) is 10.1 Å². The minimum absolute atomic E-state index is 0.0757. The van der Waals surface area contributed by atoms with Gasteiger partial charge in [0.05, 0.1) is 14.7 Å². The predicted octanol–water partition coefficient (Wildman–Crippen LogP) is 3.80. The molecule has 0 aliphatic rings. The summed E-state index contributed by atoms with van der Waals surface area (Å²) < 4.78 is 52.2. The average molecular weight is 515 g/mol. The number of unbranched alkanes of at least 4 members (excludes halogenated alkanes) is 4. The van der Waals surface area contributed by atoms with E-state index >= 15 is 0 Å². The molecule has 10 nitrogen and oxygen atoms in total. The van der Waals surface area contributed by atoms with Crippen molar-refractivity contribution in [2.45, 2.75) is 62.2 Å². The maximum Gasteiger partial charge on any atom is 0.270 e. The van der Waals surface area contributed by atoms with E-state index in [0.29, 0.717) is 18.8 Å². The van der Waals surface area contributed by atoms with Crippen molar-refractivity contribution in [3.05, 3.63) is 58.6 Å². The molecular formula is C22H34N4O6S2. The number of nitrogens with zero attached hydrogens (tertiary/aromatic N) is 1. The molecule has 0 aromatic heterocycles. The molecule has 2 aromatic rings. The van der Waals surface area contributed by atoms with E-state index in [-0.39, 0.29) is 15.5 Å². The fourth-order valence-corrected chi connectivity index (χ4v) is 5.02. The largest absolute Gasteiger partial charge is 0.399 e. The Hall–Kier alpha value is -2.54. The van der Waals surface area contributed by atoms with Crippen molar-refractivity contribution in [2.24, 2.45) is 0 Å². The van der Waals surface area contributed by atoms with Crippen molar-refractivity contribution in [1.29, 1.82) is 0 Å². The van der Waals surface area contributed by atoms with Crippen LogP contribution in [-0.2, 0) is 20.0 Å². The van der Waals surface area contributed by atoms with Gasteiger partial charge >= 0.3 is 0 Å². The number of sulfonamides is 2. The van der Waals surface area contributed by atoms with Crippen LogP contribution in [0.2, 0.25) is 0 Å². The third-order valence-corrected chi connectivity index (χ3v) is 7.57. The lowest BCUT2D eigenvalue weighted by Crippen LogP contribution is -2.24. The highest BCUT2D eigenvalue weighted by Gasteiger charge is 2.16. The zero-order valence-electron chi connectivity index (χ0n) is 19.6. The quantitative estimate of drug-likeness (QED) is 0.158. The van der Waals surface area contributed by atoms with Crippen molar-refractivity contribution in [2.75, 3.05) is 18.8 Å². The normalized spacial score (nSPS) is 11.5. The standard InChI is InChI=1S/C11H16N2O4S.C11H18N2O2S/c1-2-3-4-8-12-18(16,17)11-7-5-6-10(9-11)13(14)15;1-2-3-4-8-13-16(14,15)11-7-5-6-10(12)9-11/h5-7,9,12H,2-4,8H2,1H3;5-7,9,13H,2-4,8,12H2,1H3. The van der Waals surface area contributed by atoms with Gasteiger partial charge in [-0.15, -0.1) is 0 Å². The third-order valence-electron chi connectivity index (χ3n) is 4.65. The van der Waals surface area contributed by atoms with Crippen LogP contribution in [-0.4, -0.2) is 34.8 Å². The molecule has 0 aliphatic heterocycles.